The van der Waals surface area contributed by atoms with Gasteiger partial charge in [0.15, 0.2) is 0 Å². The van der Waals surface area contributed by atoms with Crippen molar-refractivity contribution in [2.45, 2.75) is 19.5 Å². The summed E-state index contributed by atoms with van der Waals surface area (Å²) in [4.78, 5) is 33.6. The minimum absolute atomic E-state index is 0. The van der Waals surface area contributed by atoms with Gasteiger partial charge in [0.25, 0.3) is 0 Å². The van der Waals surface area contributed by atoms with Gasteiger partial charge in [-0.05, 0) is 42.1 Å². The number of para-hydroxylation sites is 1. The van der Waals surface area contributed by atoms with Gasteiger partial charge in [-0.2, -0.15) is 0 Å². The number of benzene rings is 1. The number of hydrogen-bond donors (Lipinski definition) is 3. The molecule has 1 aliphatic rings. The lowest BCUT2D eigenvalue weighted by Crippen LogP contribution is -2.28. The van der Waals surface area contributed by atoms with Crippen molar-refractivity contribution in [3.8, 4) is 0 Å². The molecule has 156 valence electrons. The third-order valence-electron chi connectivity index (χ3n) is 5.19. The molecular weight excluding hydrogens is 402 g/mol. The maximum Gasteiger partial charge on any atom is 0.246 e. The van der Waals surface area contributed by atoms with Gasteiger partial charge in [0, 0.05) is 42.6 Å². The fourth-order valence-corrected chi connectivity index (χ4v) is 3.36. The molecule has 0 spiro atoms. The van der Waals surface area contributed by atoms with E-state index in [1.807, 2.05) is 37.3 Å². The first-order valence-corrected chi connectivity index (χ1v) is 9.53. The highest BCUT2D eigenvalue weighted by Gasteiger charge is 2.18. The number of hydrogen-bond acceptors (Lipinski definition) is 4. The van der Waals surface area contributed by atoms with Crippen LogP contribution in [0, 0.1) is 0 Å². The highest BCUT2D eigenvalue weighted by atomic mass is 35.5. The molecule has 0 saturated carbocycles. The van der Waals surface area contributed by atoms with Crippen LogP contribution < -0.4 is 10.6 Å². The summed E-state index contributed by atoms with van der Waals surface area (Å²) in [6.07, 6.45) is 4.94. The third-order valence-corrected chi connectivity index (χ3v) is 5.19. The molecule has 3 N–H and O–H groups in total. The van der Waals surface area contributed by atoms with Crippen LogP contribution in [-0.4, -0.2) is 40.3 Å². The predicted octanol–water partition coefficient (Wildman–Crippen LogP) is 3.26. The molecule has 3 heterocycles. The van der Waals surface area contributed by atoms with Gasteiger partial charge in [0.2, 0.25) is 11.8 Å². The van der Waals surface area contributed by atoms with Gasteiger partial charge in [-0.25, -0.2) is 4.98 Å². The van der Waals surface area contributed by atoms with Crippen molar-refractivity contribution in [2.75, 3.05) is 18.9 Å². The summed E-state index contributed by atoms with van der Waals surface area (Å²) in [6, 6.07) is 12.0. The van der Waals surface area contributed by atoms with Crippen LogP contribution in [0.2, 0.25) is 0 Å². The van der Waals surface area contributed by atoms with E-state index in [0.29, 0.717) is 12.4 Å². The Hall–Kier alpha value is -3.16. The number of nitrogens with zero attached hydrogens (tertiary/aromatic N) is 2. The first-order chi connectivity index (χ1) is 14.0. The van der Waals surface area contributed by atoms with Gasteiger partial charge in [-0.15, -0.1) is 12.4 Å². The van der Waals surface area contributed by atoms with Gasteiger partial charge in [0.1, 0.15) is 5.82 Å². The number of pyridine rings is 1. The Morgan fingerprint density at radius 1 is 1.23 bits per heavy atom. The second kappa shape index (κ2) is 9.11. The number of carbonyl (C=O) groups excluding carboxylic acids is 2. The number of anilines is 1. The molecule has 0 saturated heterocycles. The molecule has 2 amide bonds. The van der Waals surface area contributed by atoms with Crippen LogP contribution in [0.15, 0.2) is 48.7 Å². The Morgan fingerprint density at radius 2 is 2.03 bits per heavy atom. The lowest BCUT2D eigenvalue weighted by molar-refractivity contribution is -0.126. The summed E-state index contributed by atoms with van der Waals surface area (Å²) >= 11 is 0. The highest BCUT2D eigenvalue weighted by Crippen LogP contribution is 2.23. The number of likely N-dealkylation sites (N-methyl/N-ethyl adjacent to an activating group) is 1. The van der Waals surface area contributed by atoms with E-state index in [9.17, 15) is 9.59 Å². The zero-order valence-electron chi connectivity index (χ0n) is 16.8. The molecule has 0 aliphatic carbocycles. The molecule has 2 aromatic heterocycles. The predicted molar refractivity (Wildman–Crippen MR) is 120 cm³/mol. The van der Waals surface area contributed by atoms with Gasteiger partial charge in [-0.3, -0.25) is 9.59 Å². The zero-order valence-corrected chi connectivity index (χ0v) is 17.6. The van der Waals surface area contributed by atoms with E-state index in [4.69, 9.17) is 0 Å². The number of aromatic amines is 1. The van der Waals surface area contributed by atoms with Gasteiger partial charge in [-0.1, -0.05) is 18.2 Å². The SMILES string of the molecule is CC(c1cc2ccccc2[nH]1)N(C)C(=O)/C=C/c1cnc2c(c1)CNCC(=O)N2.Cl. The van der Waals surface area contributed by atoms with Crippen molar-refractivity contribution in [3.63, 3.8) is 0 Å². The van der Waals surface area contributed by atoms with E-state index in [1.54, 1.807) is 30.3 Å². The molecule has 4 rings (SSSR count). The van der Waals surface area contributed by atoms with Gasteiger partial charge < -0.3 is 20.5 Å². The van der Waals surface area contributed by atoms with E-state index in [-0.39, 0.29) is 36.8 Å². The van der Waals surface area contributed by atoms with E-state index < -0.39 is 0 Å². The number of carbonyl (C=O) groups is 2. The molecule has 1 aromatic carbocycles. The molecule has 0 radical (unpaired) electrons. The smallest absolute Gasteiger partial charge is 0.246 e. The molecule has 1 atom stereocenters. The fourth-order valence-electron chi connectivity index (χ4n) is 3.36. The second-order valence-corrected chi connectivity index (χ2v) is 7.20. The first-order valence-electron chi connectivity index (χ1n) is 9.53. The number of nitrogens with one attached hydrogen (secondary N) is 3. The minimum atomic E-state index is -0.109. The van der Waals surface area contributed by atoms with Crippen molar-refractivity contribution in [3.05, 3.63) is 65.5 Å². The molecule has 0 fully saturated rings. The van der Waals surface area contributed by atoms with Gasteiger partial charge in [0.05, 0.1) is 12.6 Å². The Morgan fingerprint density at radius 3 is 2.83 bits per heavy atom. The molecule has 7 nitrogen and oxygen atoms in total. The van der Waals surface area contributed by atoms with Crippen LogP contribution >= 0.6 is 12.4 Å². The summed E-state index contributed by atoms with van der Waals surface area (Å²) in [7, 11) is 1.79. The Bertz CT molecular complexity index is 1070. The molecule has 1 aliphatic heterocycles. The Kier molecular flexibility index (Phi) is 6.54. The van der Waals surface area contributed by atoms with E-state index in [2.05, 4.69) is 26.7 Å². The lowest BCUT2D eigenvalue weighted by atomic mass is 10.1. The summed E-state index contributed by atoms with van der Waals surface area (Å²) in [5.74, 6) is 0.355. The Labute approximate surface area is 181 Å². The maximum atomic E-state index is 12.7. The van der Waals surface area contributed by atoms with Crippen LogP contribution in [0.25, 0.3) is 17.0 Å². The molecule has 0 bridgehead atoms. The summed E-state index contributed by atoms with van der Waals surface area (Å²) in [5.41, 5.74) is 3.75. The average molecular weight is 426 g/mol. The van der Waals surface area contributed by atoms with Crippen molar-refractivity contribution in [2.24, 2.45) is 0 Å². The summed E-state index contributed by atoms with van der Waals surface area (Å²) < 4.78 is 0. The number of rotatable bonds is 4. The molecule has 3 aromatic rings. The lowest BCUT2D eigenvalue weighted by Gasteiger charge is -2.22. The van der Waals surface area contributed by atoms with Gasteiger partial charge >= 0.3 is 0 Å². The number of amides is 2. The largest absolute Gasteiger partial charge is 0.357 e. The fraction of sp³-hybridized carbons (Fsp3) is 0.227. The maximum absolute atomic E-state index is 12.7. The van der Waals surface area contributed by atoms with Crippen LogP contribution in [-0.2, 0) is 16.1 Å². The van der Waals surface area contributed by atoms with Crippen molar-refractivity contribution < 1.29 is 9.59 Å². The second-order valence-electron chi connectivity index (χ2n) is 7.20. The van der Waals surface area contributed by atoms with Crippen molar-refractivity contribution >= 4 is 47.0 Å². The minimum Gasteiger partial charge on any atom is -0.357 e. The van der Waals surface area contributed by atoms with Crippen LogP contribution in [0.5, 0.6) is 0 Å². The third kappa shape index (κ3) is 4.53. The van der Waals surface area contributed by atoms with E-state index in [0.717, 1.165) is 27.7 Å². The summed E-state index contributed by atoms with van der Waals surface area (Å²) in [5, 5.41) is 6.94. The topological polar surface area (TPSA) is 90.1 Å². The molecule has 30 heavy (non-hydrogen) atoms. The number of fused-ring (bicyclic) bond motifs is 2. The normalized spacial score (nSPS) is 14.5. The van der Waals surface area contributed by atoms with Crippen LogP contribution in [0.1, 0.15) is 29.8 Å². The number of H-pyrrole nitrogens is 1. The summed E-state index contributed by atoms with van der Waals surface area (Å²) in [6.45, 7) is 2.80. The van der Waals surface area contributed by atoms with Crippen LogP contribution in [0.4, 0.5) is 5.82 Å². The first kappa shape index (κ1) is 21.5. The van der Waals surface area contributed by atoms with Crippen LogP contribution in [0.3, 0.4) is 0 Å². The average Bonchev–Trinajstić information content (AvgIpc) is 3.07. The highest BCUT2D eigenvalue weighted by molar-refractivity contribution is 5.93. The monoisotopic (exact) mass is 425 g/mol. The Balaban J connectivity index is 0.00000256. The molecular formula is C22H24ClN5O2. The van der Waals surface area contributed by atoms with Crippen molar-refractivity contribution in [1.82, 2.24) is 20.2 Å². The quantitative estimate of drug-likeness (QED) is 0.559. The molecule has 1 unspecified atom stereocenters. The molecule has 8 heteroatoms. The van der Waals surface area contributed by atoms with Crippen molar-refractivity contribution in [1.29, 1.82) is 0 Å². The standard InChI is InChI=1S/C22H23N5O2.ClH/c1-14(19-10-16-5-3-4-6-18(16)25-19)27(2)21(29)8-7-15-9-17-12-23-13-20(28)26-22(17)24-11-15;/h3-11,14,23,25H,12-13H2,1-2H3,(H,24,26,28);1H/b8-7+;. The zero-order chi connectivity index (χ0) is 20.4. The van der Waals surface area contributed by atoms with E-state index in [1.165, 1.54) is 0 Å². The van der Waals surface area contributed by atoms with E-state index >= 15 is 0 Å². The number of halogens is 1. The number of aromatic nitrogens is 2.